The van der Waals surface area contributed by atoms with Gasteiger partial charge in [0.1, 0.15) is 12.3 Å². The zero-order valence-corrected chi connectivity index (χ0v) is 14.0. The van der Waals surface area contributed by atoms with E-state index in [2.05, 4.69) is 21.7 Å². The average Bonchev–Trinajstić information content (AvgIpc) is 2.46. The Kier molecular flexibility index (Phi) is 10.1. The van der Waals surface area contributed by atoms with Crippen LogP contribution in [0.4, 0.5) is 0 Å². The van der Waals surface area contributed by atoms with Gasteiger partial charge in [-0.2, -0.15) is 0 Å². The van der Waals surface area contributed by atoms with Crippen molar-refractivity contribution in [2.75, 3.05) is 6.54 Å². The molecule has 0 saturated carbocycles. The van der Waals surface area contributed by atoms with E-state index in [1.807, 2.05) is 0 Å². The van der Waals surface area contributed by atoms with Crippen molar-refractivity contribution in [2.45, 2.75) is 57.2 Å². The number of carbonyl (C=O) groups is 3. The van der Waals surface area contributed by atoms with Gasteiger partial charge in [-0.3, -0.25) is 14.9 Å². The number of rotatable bonds is 11. The summed E-state index contributed by atoms with van der Waals surface area (Å²) in [6.45, 7) is 3.22. The summed E-state index contributed by atoms with van der Waals surface area (Å²) >= 11 is 0. The van der Waals surface area contributed by atoms with Crippen molar-refractivity contribution in [1.82, 2.24) is 16.0 Å². The molecule has 2 amide bonds. The van der Waals surface area contributed by atoms with Crippen LogP contribution in [0.15, 0.2) is 0 Å². The number of amides is 2. The molecule has 0 aromatic heterocycles. The first-order valence-electron chi connectivity index (χ1n) is 7.65. The number of carboxylic acid groups (broad SMARTS) is 1. The van der Waals surface area contributed by atoms with E-state index in [1.165, 1.54) is 6.92 Å². The van der Waals surface area contributed by atoms with Gasteiger partial charge in [0.2, 0.25) is 5.91 Å². The Balaban J connectivity index is 4.84. The smallest absolute Gasteiger partial charge is 0.328 e. The molecule has 0 spiro atoms. The summed E-state index contributed by atoms with van der Waals surface area (Å²) in [6, 6.07) is -3.01. The minimum Gasteiger partial charge on any atom is -0.480 e. The highest BCUT2D eigenvalue weighted by Gasteiger charge is 2.30. The van der Waals surface area contributed by atoms with Gasteiger partial charge in [-0.05, 0) is 33.2 Å². The maximum Gasteiger partial charge on any atom is 0.328 e. The highest BCUT2D eigenvalue weighted by Crippen LogP contribution is 2.01. The molecule has 140 valence electrons. The molecule has 0 aliphatic heterocycles. The first kappa shape index (κ1) is 22.2. The fourth-order valence-electron chi connectivity index (χ4n) is 1.80. The lowest BCUT2D eigenvalue weighted by Crippen LogP contribution is -2.67. The van der Waals surface area contributed by atoms with E-state index in [9.17, 15) is 19.5 Å². The molecule has 0 aliphatic carbocycles. The second-order valence-electron chi connectivity index (χ2n) is 5.65. The molecule has 0 fully saturated rings. The van der Waals surface area contributed by atoms with Gasteiger partial charge in [0.15, 0.2) is 12.1 Å². The summed E-state index contributed by atoms with van der Waals surface area (Å²) < 4.78 is 0. The average molecular weight is 349 g/mol. The summed E-state index contributed by atoms with van der Waals surface area (Å²) in [4.78, 5) is 35.1. The van der Waals surface area contributed by atoms with Gasteiger partial charge in [-0.1, -0.05) is 0 Å². The van der Waals surface area contributed by atoms with E-state index < -0.39 is 48.3 Å². The van der Waals surface area contributed by atoms with Crippen LogP contribution < -0.4 is 33.2 Å². The van der Waals surface area contributed by atoms with Crippen LogP contribution in [-0.4, -0.2) is 65.1 Å². The SMILES string of the molecule is C[C@H]([NH3+])C(=O)N[C@@H](CCCNC(N)N)C(=O)N[C@H](C(=O)O)[C@@H](C)O. The Bertz CT molecular complexity index is 429. The number of quaternary nitrogens is 1. The van der Waals surface area contributed by atoms with E-state index in [0.717, 1.165) is 0 Å². The summed E-state index contributed by atoms with van der Waals surface area (Å²) in [5.41, 5.74) is 14.2. The molecule has 0 radical (unpaired) electrons. The van der Waals surface area contributed by atoms with E-state index >= 15 is 0 Å². The Morgan fingerprint density at radius 1 is 1.12 bits per heavy atom. The first-order valence-corrected chi connectivity index (χ1v) is 7.65. The molecule has 4 atom stereocenters. The van der Waals surface area contributed by atoms with Gasteiger partial charge in [-0.25, -0.2) is 4.79 Å². The van der Waals surface area contributed by atoms with Crippen LogP contribution in [0, 0.1) is 0 Å². The molecule has 11 heteroatoms. The normalized spacial score (nSPS) is 16.1. The van der Waals surface area contributed by atoms with Crippen molar-refractivity contribution in [1.29, 1.82) is 0 Å². The largest absolute Gasteiger partial charge is 0.480 e. The third-order valence-corrected chi connectivity index (χ3v) is 3.18. The molecule has 0 unspecified atom stereocenters. The molecule has 0 aliphatic rings. The van der Waals surface area contributed by atoms with Crippen LogP contribution in [0.5, 0.6) is 0 Å². The standard InChI is InChI=1S/C13H28N6O5/c1-6(14)10(21)18-8(4-3-5-17-13(15)16)11(22)19-9(7(2)20)12(23)24/h6-9,13,17,20H,3-5,14-16H2,1-2H3,(H,18,21)(H,19,22)(H,23,24)/p+1/t6-,7+,8-,9-/m0/s1. The van der Waals surface area contributed by atoms with Gasteiger partial charge in [0.25, 0.3) is 5.91 Å². The zero-order chi connectivity index (χ0) is 18.9. The van der Waals surface area contributed by atoms with Gasteiger partial charge in [0.05, 0.1) is 6.10 Å². The van der Waals surface area contributed by atoms with Crippen molar-refractivity contribution in [3.05, 3.63) is 0 Å². The van der Waals surface area contributed by atoms with Crippen molar-refractivity contribution in [3.63, 3.8) is 0 Å². The Morgan fingerprint density at radius 3 is 2.12 bits per heavy atom. The maximum absolute atomic E-state index is 12.3. The highest BCUT2D eigenvalue weighted by atomic mass is 16.4. The van der Waals surface area contributed by atoms with Gasteiger partial charge in [-0.15, -0.1) is 0 Å². The first-order chi connectivity index (χ1) is 11.1. The highest BCUT2D eigenvalue weighted by molar-refractivity contribution is 5.91. The quantitative estimate of drug-likeness (QED) is 0.135. The lowest BCUT2D eigenvalue weighted by Gasteiger charge is -2.23. The minimum atomic E-state index is -1.47. The van der Waals surface area contributed by atoms with Crippen LogP contribution in [0.2, 0.25) is 0 Å². The fourth-order valence-corrected chi connectivity index (χ4v) is 1.80. The minimum absolute atomic E-state index is 0.232. The number of aliphatic hydroxyl groups is 1. The molecule has 0 heterocycles. The second kappa shape index (κ2) is 10.9. The summed E-state index contributed by atoms with van der Waals surface area (Å²) in [5.74, 6) is -2.51. The number of carbonyl (C=O) groups excluding carboxylic acids is 2. The molecule has 11 nitrogen and oxygen atoms in total. The molecular formula is C13H29N6O5+. The van der Waals surface area contributed by atoms with Crippen molar-refractivity contribution < 1.29 is 30.3 Å². The van der Waals surface area contributed by atoms with E-state index in [0.29, 0.717) is 13.0 Å². The fraction of sp³-hybridized carbons (Fsp3) is 0.769. The lowest BCUT2D eigenvalue weighted by molar-refractivity contribution is -0.398. The van der Waals surface area contributed by atoms with E-state index in [4.69, 9.17) is 16.6 Å². The van der Waals surface area contributed by atoms with Crippen molar-refractivity contribution in [3.8, 4) is 0 Å². The molecule has 0 rings (SSSR count). The zero-order valence-electron chi connectivity index (χ0n) is 14.0. The molecule has 0 bridgehead atoms. The second-order valence-corrected chi connectivity index (χ2v) is 5.65. The monoisotopic (exact) mass is 349 g/mol. The topological polar surface area (TPSA) is 207 Å². The molecule has 12 N–H and O–H groups in total. The third kappa shape index (κ3) is 8.74. The summed E-state index contributed by atoms with van der Waals surface area (Å²) in [6.07, 6.45) is -1.29. The predicted octanol–water partition coefficient (Wildman–Crippen LogP) is -4.38. The van der Waals surface area contributed by atoms with Crippen molar-refractivity contribution >= 4 is 17.8 Å². The van der Waals surface area contributed by atoms with E-state index in [-0.39, 0.29) is 6.42 Å². The number of nitrogens with two attached hydrogens (primary N) is 2. The molecule has 0 aromatic carbocycles. The van der Waals surface area contributed by atoms with Crippen LogP contribution in [0.1, 0.15) is 26.7 Å². The third-order valence-electron chi connectivity index (χ3n) is 3.18. The number of hydrogen-bond donors (Lipinski definition) is 8. The molecule has 0 saturated heterocycles. The number of carboxylic acids is 1. The van der Waals surface area contributed by atoms with Gasteiger partial charge >= 0.3 is 5.97 Å². The Morgan fingerprint density at radius 2 is 1.71 bits per heavy atom. The summed E-state index contributed by atoms with van der Waals surface area (Å²) in [7, 11) is 0. The number of aliphatic hydroxyl groups excluding tert-OH is 1. The molecule has 24 heavy (non-hydrogen) atoms. The Hall–Kier alpha value is -1.79. The number of aliphatic carboxylic acids is 1. The summed E-state index contributed by atoms with van der Waals surface area (Å²) in [5, 5.41) is 25.9. The van der Waals surface area contributed by atoms with Gasteiger partial charge < -0.3 is 38.0 Å². The van der Waals surface area contributed by atoms with Crippen LogP contribution >= 0.6 is 0 Å². The molecule has 0 aromatic rings. The Labute approximate surface area is 140 Å². The van der Waals surface area contributed by atoms with Crippen LogP contribution in [0.3, 0.4) is 0 Å². The number of nitrogens with one attached hydrogen (secondary N) is 3. The van der Waals surface area contributed by atoms with Crippen LogP contribution in [-0.2, 0) is 14.4 Å². The predicted molar refractivity (Wildman–Crippen MR) is 84.9 cm³/mol. The van der Waals surface area contributed by atoms with Crippen LogP contribution in [0.25, 0.3) is 0 Å². The lowest BCUT2D eigenvalue weighted by atomic mass is 10.1. The number of hydrogen-bond acceptors (Lipinski definition) is 7. The van der Waals surface area contributed by atoms with Crippen molar-refractivity contribution in [2.24, 2.45) is 11.5 Å². The van der Waals surface area contributed by atoms with Gasteiger partial charge in [0, 0.05) is 0 Å². The molecular weight excluding hydrogens is 320 g/mol. The van der Waals surface area contributed by atoms with E-state index in [1.54, 1.807) is 6.92 Å². The maximum atomic E-state index is 12.3.